The summed E-state index contributed by atoms with van der Waals surface area (Å²) >= 11 is 1.39. The average molecular weight is 994 g/mol. The second-order valence-corrected chi connectivity index (χ2v) is 20.8. The van der Waals surface area contributed by atoms with Crippen LogP contribution in [0.15, 0.2) is 66.2 Å². The van der Waals surface area contributed by atoms with Gasteiger partial charge in [-0.25, -0.2) is 15.2 Å². The highest BCUT2D eigenvalue weighted by Gasteiger charge is 2.40. The number of nitrogens with zero attached hydrogens (tertiary/aromatic N) is 7. The first-order valence-corrected chi connectivity index (χ1v) is 25.7. The molecule has 0 spiro atoms. The van der Waals surface area contributed by atoms with Crippen molar-refractivity contribution >= 4 is 52.0 Å². The van der Waals surface area contributed by atoms with Crippen molar-refractivity contribution in [3.63, 3.8) is 0 Å². The van der Waals surface area contributed by atoms with Crippen LogP contribution in [0.4, 0.5) is 4.79 Å². The van der Waals surface area contributed by atoms with Crippen molar-refractivity contribution in [2.45, 2.75) is 117 Å². The number of pyridine rings is 1. The number of fused-ring (bicyclic) bond motifs is 6. The van der Waals surface area contributed by atoms with Gasteiger partial charge in [0.05, 0.1) is 47.4 Å². The Labute approximate surface area is 421 Å². The number of likely N-dealkylation sites (N-methyl/N-ethyl adjacent to an activating group) is 1. The number of nitrogens with one attached hydrogen (secondary N) is 2. The van der Waals surface area contributed by atoms with E-state index in [9.17, 15) is 29.1 Å². The molecule has 0 radical (unpaired) electrons. The number of benzene rings is 1. The van der Waals surface area contributed by atoms with E-state index in [0.29, 0.717) is 50.3 Å². The minimum atomic E-state index is -1.13. The summed E-state index contributed by atoms with van der Waals surface area (Å²) in [5.74, 6) is -2.19. The lowest BCUT2D eigenvalue weighted by Gasteiger charge is -2.43. The highest BCUT2D eigenvalue weighted by Crippen LogP contribution is 2.42. The fourth-order valence-electron chi connectivity index (χ4n) is 10.4. The van der Waals surface area contributed by atoms with Crippen molar-refractivity contribution in [2.24, 2.45) is 11.3 Å². The number of cyclic esters (lactones) is 1. The number of hydrogen-bond acceptors (Lipinski definition) is 12. The van der Waals surface area contributed by atoms with Crippen LogP contribution in [0.1, 0.15) is 90.1 Å². The van der Waals surface area contributed by atoms with Gasteiger partial charge in [0.25, 0.3) is 5.91 Å². The molecule has 3 N–H and O–H groups in total. The van der Waals surface area contributed by atoms with Gasteiger partial charge in [-0.3, -0.25) is 29.2 Å². The summed E-state index contributed by atoms with van der Waals surface area (Å²) in [6.07, 6.45) is 6.72. The Morgan fingerprint density at radius 2 is 1.94 bits per heavy atom. The van der Waals surface area contributed by atoms with Gasteiger partial charge < -0.3 is 39.2 Å². The molecule has 7 rings (SSSR count). The molecule has 17 nitrogen and oxygen atoms in total. The van der Waals surface area contributed by atoms with Crippen LogP contribution in [-0.4, -0.2) is 147 Å². The van der Waals surface area contributed by atoms with Crippen LogP contribution >= 0.6 is 11.3 Å². The molecule has 6 heterocycles. The van der Waals surface area contributed by atoms with Gasteiger partial charge in [-0.05, 0) is 93.9 Å². The monoisotopic (exact) mass is 994 g/mol. The van der Waals surface area contributed by atoms with Crippen molar-refractivity contribution in [3.05, 3.63) is 82.5 Å². The molecule has 2 fully saturated rings. The molecular formula is C53H71N9O8S. The van der Waals surface area contributed by atoms with E-state index in [1.807, 2.05) is 45.2 Å². The number of aromatic nitrogens is 3. The van der Waals surface area contributed by atoms with Gasteiger partial charge in [0.2, 0.25) is 11.8 Å². The number of carbonyl (C=O) groups is 5. The summed E-state index contributed by atoms with van der Waals surface area (Å²) in [6, 6.07) is 6.53. The molecule has 2 saturated heterocycles. The smallest absolute Gasteiger partial charge is 0.324 e. The number of urea groups is 1. The summed E-state index contributed by atoms with van der Waals surface area (Å²) in [5.41, 5.74) is 10.1. The van der Waals surface area contributed by atoms with Gasteiger partial charge in [0.15, 0.2) is 0 Å². The van der Waals surface area contributed by atoms with Crippen molar-refractivity contribution in [2.75, 3.05) is 53.6 Å². The van der Waals surface area contributed by atoms with Crippen molar-refractivity contribution in [1.82, 2.24) is 45.0 Å². The molecule has 3 aliphatic rings. The van der Waals surface area contributed by atoms with Crippen molar-refractivity contribution in [1.29, 1.82) is 0 Å². The van der Waals surface area contributed by atoms with Crippen molar-refractivity contribution < 1.29 is 38.6 Å². The van der Waals surface area contributed by atoms with Crippen LogP contribution in [0.25, 0.3) is 33.4 Å². The van der Waals surface area contributed by atoms with Crippen LogP contribution in [0.5, 0.6) is 0 Å². The zero-order valence-corrected chi connectivity index (χ0v) is 43.5. The third-order valence-corrected chi connectivity index (χ3v) is 15.0. The molecule has 3 aromatic heterocycles. The molecule has 5 amide bonds. The Kier molecular flexibility index (Phi) is 16.9. The molecule has 1 aromatic carbocycles. The van der Waals surface area contributed by atoms with E-state index >= 15 is 0 Å². The highest BCUT2D eigenvalue weighted by molar-refractivity contribution is 7.10. The van der Waals surface area contributed by atoms with E-state index in [2.05, 4.69) is 66.9 Å². The van der Waals surface area contributed by atoms with Crippen LogP contribution in [0, 0.1) is 11.3 Å². The van der Waals surface area contributed by atoms with Gasteiger partial charge in [0, 0.05) is 92.3 Å². The van der Waals surface area contributed by atoms with E-state index in [0.717, 1.165) is 50.2 Å². The second-order valence-electron chi connectivity index (χ2n) is 19.9. The first-order valence-electron chi connectivity index (χ1n) is 24.8. The second kappa shape index (κ2) is 22.6. The summed E-state index contributed by atoms with van der Waals surface area (Å²) in [4.78, 5) is 85.2. The molecule has 18 heteroatoms. The number of thiazole rings is 1. The van der Waals surface area contributed by atoms with Crippen LogP contribution in [-0.2, 0) is 48.0 Å². The Morgan fingerprint density at radius 1 is 1.17 bits per heavy atom. The number of ether oxygens (including phenoxy) is 2. The summed E-state index contributed by atoms with van der Waals surface area (Å²) < 4.78 is 14.3. The number of hydrogen-bond donors (Lipinski definition) is 3. The topological polar surface area (TPSA) is 192 Å². The molecule has 3 aliphatic heterocycles. The third-order valence-electron chi connectivity index (χ3n) is 14.1. The predicted molar refractivity (Wildman–Crippen MR) is 274 cm³/mol. The summed E-state index contributed by atoms with van der Waals surface area (Å²) in [6.45, 7) is 18.9. The predicted octanol–water partition coefficient (Wildman–Crippen LogP) is 6.31. The average Bonchev–Trinajstić information content (AvgIpc) is 3.96. The number of esters is 1. The number of piperidine rings is 1. The van der Waals surface area contributed by atoms with Gasteiger partial charge in [-0.1, -0.05) is 46.4 Å². The van der Waals surface area contributed by atoms with Crippen LogP contribution in [0.2, 0.25) is 0 Å². The van der Waals surface area contributed by atoms with Crippen LogP contribution < -0.4 is 10.7 Å². The number of aliphatic hydroxyl groups is 1. The zero-order chi connectivity index (χ0) is 51.3. The number of likely N-dealkylation sites (tertiary alicyclic amines) is 1. The lowest BCUT2D eigenvalue weighted by molar-refractivity contribution is -0.155. The van der Waals surface area contributed by atoms with Gasteiger partial charge >= 0.3 is 12.0 Å². The molecule has 0 saturated carbocycles. The van der Waals surface area contributed by atoms with E-state index in [1.54, 1.807) is 25.3 Å². The van der Waals surface area contributed by atoms with E-state index in [1.165, 1.54) is 32.2 Å². The van der Waals surface area contributed by atoms with Crippen LogP contribution in [0.3, 0.4) is 0 Å². The number of allylic oxidation sites excluding steroid dienone is 1. The van der Waals surface area contributed by atoms with Gasteiger partial charge in [-0.15, -0.1) is 11.3 Å². The molecule has 6 bridgehead atoms. The number of carbonyl (C=O) groups excluding carboxylic acids is 5. The summed E-state index contributed by atoms with van der Waals surface area (Å²) in [5, 5.41) is 17.9. The largest absolute Gasteiger partial charge is 0.464 e. The standard InChI is InChI=1S/C53H71N9O8S/c1-11-34-20-23-59(29-43(34)61(24-25-63)45(64)12-2)52(68)58(9)47(32(4)5)49(65)56-40-27-44-55-41(30-71-44)35-18-19-42-37(26-35)38(48(60(42)13-3)36-16-14-21-54-46(36)33(6)69-10)28-53(7,8)31-70-51(67)39-17-15-22-62(57-39)50(40)66/h11-12,14,16,18-19,21,26,30,32-33,39-40,43,47,57,63H,2,13,15,17,20,22-25,27-29,31H2,1,3-10H3,(H,56,65)/b34-11-/t33-,39-,40-,43+,47?/m0/s1. The van der Waals surface area contributed by atoms with Crippen molar-refractivity contribution in [3.8, 4) is 22.5 Å². The minimum absolute atomic E-state index is 0.0441. The van der Waals surface area contributed by atoms with E-state index in [-0.39, 0.29) is 50.7 Å². The maximum Gasteiger partial charge on any atom is 0.324 e. The zero-order valence-electron chi connectivity index (χ0n) is 42.7. The molecule has 1 unspecified atom stereocenters. The van der Waals surface area contributed by atoms with Gasteiger partial charge in [-0.2, -0.15) is 0 Å². The Bertz CT molecular complexity index is 2660. The molecule has 5 atom stereocenters. The molecule has 0 aliphatic carbocycles. The first kappa shape index (κ1) is 52.9. The van der Waals surface area contributed by atoms with E-state index in [4.69, 9.17) is 19.4 Å². The van der Waals surface area contributed by atoms with E-state index < -0.39 is 53.4 Å². The number of aryl methyl sites for hydroxylation is 1. The number of methoxy groups -OCH3 is 1. The number of amides is 5. The number of aliphatic hydroxyl groups excluding tert-OH is 1. The fourth-order valence-corrected chi connectivity index (χ4v) is 11.2. The van der Waals surface area contributed by atoms with Gasteiger partial charge in [0.1, 0.15) is 18.1 Å². The quantitative estimate of drug-likeness (QED) is 0.0820. The maximum absolute atomic E-state index is 14.8. The lowest BCUT2D eigenvalue weighted by atomic mass is 9.84. The normalized spacial score (nSPS) is 21.1. The third kappa shape index (κ3) is 11.3. The fraction of sp³-hybridized carbons (Fsp3) is 0.528. The SMILES string of the molecule is C=CC(=O)N(CCO)[C@@H]1CN(C(=O)N(C)C(C(=O)N[C@H]2Cc3nc(cs3)-c3ccc4c(c3)c(c(-c3cccnc3[C@H](C)OC)n4CC)CC(C)(C)COC(=O)[C@@H]3CCCN(N3)C2=O)C(C)C)CC/C1=C/C. The molecule has 382 valence electrons. The maximum atomic E-state index is 14.8. The minimum Gasteiger partial charge on any atom is -0.464 e. The Balaban J connectivity index is 1.24. The first-order chi connectivity index (χ1) is 33.9. The number of rotatable bonds is 12. The molecule has 4 aromatic rings. The number of hydrazine groups is 1. The summed E-state index contributed by atoms with van der Waals surface area (Å²) in [7, 11) is 3.25. The Morgan fingerprint density at radius 3 is 2.63 bits per heavy atom. The highest BCUT2D eigenvalue weighted by atomic mass is 32.1. The molecular weight excluding hydrogens is 923 g/mol. The molecule has 71 heavy (non-hydrogen) atoms. The lowest BCUT2D eigenvalue weighted by Crippen LogP contribution is -2.63. The Hall–Kier alpha value is -5.95.